The lowest BCUT2D eigenvalue weighted by atomic mass is 9.64. The molecule has 1 aliphatic carbocycles. The number of carbonyl (C=O) groups excluding carboxylic acids is 1. The van der Waals surface area contributed by atoms with E-state index in [1.807, 2.05) is 30.3 Å². The minimum Gasteiger partial charge on any atom is -0.426 e. The summed E-state index contributed by atoms with van der Waals surface area (Å²) in [6.45, 7) is 4.36. The van der Waals surface area contributed by atoms with Gasteiger partial charge in [-0.15, -0.1) is 0 Å². The summed E-state index contributed by atoms with van der Waals surface area (Å²) in [4.78, 5) is 11.7. The van der Waals surface area contributed by atoms with Crippen molar-refractivity contribution < 1.29 is 9.53 Å². The Balaban J connectivity index is 1.89. The van der Waals surface area contributed by atoms with E-state index < -0.39 is 0 Å². The van der Waals surface area contributed by atoms with Gasteiger partial charge in [-0.1, -0.05) is 32.0 Å². The van der Waals surface area contributed by atoms with Gasteiger partial charge in [-0.2, -0.15) is 0 Å². The van der Waals surface area contributed by atoms with Gasteiger partial charge in [0.25, 0.3) is 0 Å². The van der Waals surface area contributed by atoms with Crippen LogP contribution in [0.5, 0.6) is 5.75 Å². The van der Waals surface area contributed by atoms with Gasteiger partial charge in [0.1, 0.15) is 5.75 Å². The van der Waals surface area contributed by atoms with Gasteiger partial charge in [0.05, 0.1) is 5.92 Å². The second kappa shape index (κ2) is 3.69. The van der Waals surface area contributed by atoms with Gasteiger partial charge in [0, 0.05) is 0 Å². The highest BCUT2D eigenvalue weighted by atomic mass is 16.5. The van der Waals surface area contributed by atoms with Crippen LogP contribution in [0.4, 0.5) is 0 Å². The van der Waals surface area contributed by atoms with Crippen molar-refractivity contribution in [1.29, 1.82) is 0 Å². The van der Waals surface area contributed by atoms with E-state index in [0.717, 1.165) is 12.8 Å². The van der Waals surface area contributed by atoms with Crippen molar-refractivity contribution in [2.45, 2.75) is 26.7 Å². The smallest absolute Gasteiger partial charge is 0.314 e. The van der Waals surface area contributed by atoms with E-state index in [4.69, 9.17) is 4.74 Å². The number of hydrogen-bond donors (Lipinski definition) is 0. The average molecular weight is 204 g/mol. The third-order valence-corrected chi connectivity index (χ3v) is 2.89. The first-order valence-electron chi connectivity index (χ1n) is 5.34. The lowest BCUT2D eigenvalue weighted by Gasteiger charge is -2.40. The predicted octanol–water partition coefficient (Wildman–Crippen LogP) is 3.03. The lowest BCUT2D eigenvalue weighted by Crippen LogP contribution is -2.38. The van der Waals surface area contributed by atoms with Crippen LogP contribution in [-0.4, -0.2) is 5.97 Å². The quantitative estimate of drug-likeness (QED) is 0.546. The van der Waals surface area contributed by atoms with Crippen molar-refractivity contribution >= 4 is 5.97 Å². The molecule has 0 spiro atoms. The number of ether oxygens (including phenoxy) is 1. The van der Waals surface area contributed by atoms with Crippen LogP contribution in [0.3, 0.4) is 0 Å². The molecule has 2 heteroatoms. The summed E-state index contributed by atoms with van der Waals surface area (Å²) in [5.41, 5.74) is 0.320. The topological polar surface area (TPSA) is 26.3 Å². The summed E-state index contributed by atoms with van der Waals surface area (Å²) < 4.78 is 5.27. The summed E-state index contributed by atoms with van der Waals surface area (Å²) in [5, 5.41) is 0. The predicted molar refractivity (Wildman–Crippen MR) is 58.6 cm³/mol. The maximum atomic E-state index is 11.7. The van der Waals surface area contributed by atoms with Crippen molar-refractivity contribution in [1.82, 2.24) is 0 Å². The van der Waals surface area contributed by atoms with Crippen LogP contribution in [-0.2, 0) is 4.79 Å². The van der Waals surface area contributed by atoms with Gasteiger partial charge in [0.15, 0.2) is 0 Å². The largest absolute Gasteiger partial charge is 0.426 e. The third kappa shape index (κ3) is 2.38. The average Bonchev–Trinajstić information content (AvgIpc) is 2.15. The zero-order chi connectivity index (χ0) is 10.9. The minimum absolute atomic E-state index is 0.0828. The molecule has 0 heterocycles. The lowest BCUT2D eigenvalue weighted by molar-refractivity contribution is -0.146. The summed E-state index contributed by atoms with van der Waals surface area (Å²) in [6.07, 6.45) is 1.89. The van der Waals surface area contributed by atoms with Crippen LogP contribution in [0.15, 0.2) is 30.3 Å². The Bertz CT molecular complexity index is 346. The molecule has 2 rings (SSSR count). The van der Waals surface area contributed by atoms with Gasteiger partial charge in [-0.25, -0.2) is 0 Å². The van der Waals surface area contributed by atoms with Crippen LogP contribution >= 0.6 is 0 Å². The Hall–Kier alpha value is -1.31. The maximum Gasteiger partial charge on any atom is 0.314 e. The normalized spacial score (nSPS) is 19.3. The molecule has 1 aliphatic rings. The molecule has 0 N–H and O–H groups in total. The van der Waals surface area contributed by atoms with E-state index in [1.54, 1.807) is 0 Å². The number of hydrogen-bond acceptors (Lipinski definition) is 2. The molecule has 0 atom stereocenters. The molecule has 80 valence electrons. The first kappa shape index (κ1) is 10.2. The molecule has 0 aromatic heterocycles. The molecule has 0 radical (unpaired) electrons. The van der Waals surface area contributed by atoms with Crippen molar-refractivity contribution in [3.8, 4) is 5.75 Å². The zero-order valence-corrected chi connectivity index (χ0v) is 9.19. The molecule has 0 saturated heterocycles. The molecule has 2 nitrogen and oxygen atoms in total. The summed E-state index contributed by atoms with van der Waals surface area (Å²) in [5.74, 6) is 0.660. The maximum absolute atomic E-state index is 11.7. The van der Waals surface area contributed by atoms with Crippen molar-refractivity contribution in [3.63, 3.8) is 0 Å². The second-order valence-corrected chi connectivity index (χ2v) is 5.00. The molecule has 0 bridgehead atoms. The Morgan fingerprint density at radius 1 is 1.27 bits per heavy atom. The second-order valence-electron chi connectivity index (χ2n) is 5.00. The molecule has 1 aromatic carbocycles. The SMILES string of the molecule is CC1(C)CC(C(=O)Oc2ccccc2)C1. The number of benzene rings is 1. The fourth-order valence-corrected chi connectivity index (χ4v) is 2.13. The Morgan fingerprint density at radius 2 is 1.87 bits per heavy atom. The molecule has 0 unspecified atom stereocenters. The van der Waals surface area contributed by atoms with Crippen LogP contribution in [0.1, 0.15) is 26.7 Å². The fourth-order valence-electron chi connectivity index (χ4n) is 2.13. The molecular formula is C13H16O2. The zero-order valence-electron chi connectivity index (χ0n) is 9.19. The monoisotopic (exact) mass is 204 g/mol. The van der Waals surface area contributed by atoms with Crippen LogP contribution in [0.2, 0.25) is 0 Å². The molecule has 0 aliphatic heterocycles. The molecule has 1 aromatic rings. The Morgan fingerprint density at radius 3 is 2.40 bits per heavy atom. The molecular weight excluding hydrogens is 188 g/mol. The molecule has 0 amide bonds. The number of para-hydroxylation sites is 1. The van der Waals surface area contributed by atoms with Gasteiger partial charge < -0.3 is 4.74 Å². The first-order chi connectivity index (χ1) is 7.07. The van der Waals surface area contributed by atoms with Crippen LogP contribution in [0.25, 0.3) is 0 Å². The van der Waals surface area contributed by atoms with E-state index in [0.29, 0.717) is 11.2 Å². The highest BCUT2D eigenvalue weighted by Gasteiger charge is 2.41. The number of rotatable bonds is 2. The van der Waals surface area contributed by atoms with E-state index in [-0.39, 0.29) is 11.9 Å². The standard InChI is InChI=1S/C13H16O2/c1-13(2)8-10(9-13)12(14)15-11-6-4-3-5-7-11/h3-7,10H,8-9H2,1-2H3. The summed E-state index contributed by atoms with van der Waals surface area (Å²) in [6, 6.07) is 9.26. The van der Waals surface area contributed by atoms with Crippen molar-refractivity contribution in [2.75, 3.05) is 0 Å². The highest BCUT2D eigenvalue weighted by molar-refractivity contribution is 5.76. The van der Waals surface area contributed by atoms with E-state index >= 15 is 0 Å². The first-order valence-corrected chi connectivity index (χ1v) is 5.34. The van der Waals surface area contributed by atoms with Gasteiger partial charge in [0.2, 0.25) is 0 Å². The van der Waals surface area contributed by atoms with Gasteiger partial charge in [-0.3, -0.25) is 4.79 Å². The van der Waals surface area contributed by atoms with Crippen LogP contribution in [0, 0.1) is 11.3 Å². The fraction of sp³-hybridized carbons (Fsp3) is 0.462. The third-order valence-electron chi connectivity index (χ3n) is 2.89. The minimum atomic E-state index is -0.0828. The summed E-state index contributed by atoms with van der Waals surface area (Å²) >= 11 is 0. The molecule has 15 heavy (non-hydrogen) atoms. The van der Waals surface area contributed by atoms with Gasteiger partial charge in [-0.05, 0) is 30.4 Å². The number of esters is 1. The van der Waals surface area contributed by atoms with Gasteiger partial charge >= 0.3 is 5.97 Å². The van der Waals surface area contributed by atoms with E-state index in [2.05, 4.69) is 13.8 Å². The molecule has 1 fully saturated rings. The van der Waals surface area contributed by atoms with Crippen LogP contribution < -0.4 is 4.74 Å². The highest BCUT2D eigenvalue weighted by Crippen LogP contribution is 2.45. The van der Waals surface area contributed by atoms with E-state index in [9.17, 15) is 4.79 Å². The Kier molecular flexibility index (Phi) is 2.51. The molecule has 1 saturated carbocycles. The van der Waals surface area contributed by atoms with E-state index in [1.165, 1.54) is 0 Å². The Labute approximate surface area is 90.3 Å². The number of carbonyl (C=O) groups is 1. The van der Waals surface area contributed by atoms with Crippen molar-refractivity contribution in [3.05, 3.63) is 30.3 Å². The van der Waals surface area contributed by atoms with Crippen molar-refractivity contribution in [2.24, 2.45) is 11.3 Å². The summed E-state index contributed by atoms with van der Waals surface area (Å²) in [7, 11) is 0.